The molecule has 1 unspecified atom stereocenters. The van der Waals surface area contributed by atoms with Gasteiger partial charge in [-0.1, -0.05) is 145 Å². The summed E-state index contributed by atoms with van der Waals surface area (Å²) in [4.78, 5) is 35.3. The molecule has 9 nitrogen and oxygen atoms in total. The molecule has 0 aromatic rings. The van der Waals surface area contributed by atoms with Crippen LogP contribution >= 0.6 is 7.82 Å². The predicted octanol–water partition coefficient (Wildman–Crippen LogP) is 12.2. The predicted molar refractivity (Wildman–Crippen MR) is 233 cm³/mol. The Balaban J connectivity index is 4.48. The van der Waals surface area contributed by atoms with Gasteiger partial charge in [0.05, 0.1) is 27.7 Å². The first-order valence-electron chi connectivity index (χ1n) is 21.7. The number of allylic oxidation sites excluding steroid dienone is 12. The molecule has 0 aromatic carbocycles. The maximum atomic E-state index is 12.7. The van der Waals surface area contributed by atoms with Crippen LogP contribution in [0.1, 0.15) is 155 Å². The molecule has 0 amide bonds. The molecule has 0 aliphatic carbocycles. The van der Waals surface area contributed by atoms with Crippen molar-refractivity contribution in [2.75, 3.05) is 47.5 Å². The molecule has 0 aliphatic rings. The Morgan fingerprint density at radius 1 is 0.571 bits per heavy atom. The van der Waals surface area contributed by atoms with Crippen LogP contribution < -0.4 is 0 Å². The standard InChI is InChI=1S/C46H80NO8P/c1-6-8-10-12-14-16-18-20-22-23-25-27-29-31-33-35-37-39-46(49)55-44(43-54-56(50,51)53-41-40-47(3,4)5)42-52-45(48)38-36-34-32-30-28-26-24-21-19-17-15-13-11-9-7-2/h8,10,13-16,20,22,25,27,31,33,44H,6-7,9,11-12,17-19,21,23-24,26,28-30,32,34-43H2,1-5H3/p+1/b10-8+,15-13+,16-14+,22-20+,27-25+,33-31+/t44-/m1/s1. The highest BCUT2D eigenvalue weighted by molar-refractivity contribution is 7.47. The number of phosphoric acid groups is 1. The second-order valence-electron chi connectivity index (χ2n) is 15.3. The van der Waals surface area contributed by atoms with Crippen molar-refractivity contribution in [3.63, 3.8) is 0 Å². The van der Waals surface area contributed by atoms with Gasteiger partial charge in [0.1, 0.15) is 19.8 Å². The summed E-state index contributed by atoms with van der Waals surface area (Å²) in [5.41, 5.74) is 0. The van der Waals surface area contributed by atoms with Crippen molar-refractivity contribution >= 4 is 19.8 Å². The number of hydrogen-bond donors (Lipinski definition) is 1. The third-order valence-electron chi connectivity index (χ3n) is 8.72. The number of carbonyl (C=O) groups is 2. The lowest BCUT2D eigenvalue weighted by Crippen LogP contribution is -2.37. The van der Waals surface area contributed by atoms with E-state index in [0.717, 1.165) is 51.4 Å². The number of phosphoric ester groups is 1. The van der Waals surface area contributed by atoms with E-state index in [4.69, 9.17) is 18.5 Å². The molecule has 56 heavy (non-hydrogen) atoms. The maximum Gasteiger partial charge on any atom is 0.472 e. The zero-order valence-electron chi connectivity index (χ0n) is 36.1. The van der Waals surface area contributed by atoms with Crippen LogP contribution in [0.3, 0.4) is 0 Å². The smallest absolute Gasteiger partial charge is 0.462 e. The van der Waals surface area contributed by atoms with E-state index in [1.54, 1.807) is 0 Å². The van der Waals surface area contributed by atoms with Gasteiger partial charge < -0.3 is 18.9 Å². The van der Waals surface area contributed by atoms with Crippen molar-refractivity contribution in [2.24, 2.45) is 0 Å². The minimum atomic E-state index is -4.39. The summed E-state index contributed by atoms with van der Waals surface area (Å²) in [5.74, 6) is -0.875. The molecular weight excluding hydrogens is 725 g/mol. The van der Waals surface area contributed by atoms with Crippen LogP contribution in [0.4, 0.5) is 0 Å². The highest BCUT2D eigenvalue weighted by Crippen LogP contribution is 2.43. The highest BCUT2D eigenvalue weighted by atomic mass is 31.2. The third kappa shape index (κ3) is 41.1. The summed E-state index contributed by atoms with van der Waals surface area (Å²) in [7, 11) is 1.43. The molecule has 0 fully saturated rings. The Hall–Kier alpha value is -2.55. The maximum absolute atomic E-state index is 12.7. The summed E-state index contributed by atoms with van der Waals surface area (Å²) in [6, 6.07) is 0. The number of rotatable bonds is 38. The van der Waals surface area contributed by atoms with Crippen LogP contribution in [0.15, 0.2) is 72.9 Å². The van der Waals surface area contributed by atoms with Crippen LogP contribution in [0.5, 0.6) is 0 Å². The van der Waals surface area contributed by atoms with Crippen LogP contribution in [0.25, 0.3) is 0 Å². The molecule has 322 valence electrons. The number of esters is 2. The Morgan fingerprint density at radius 3 is 1.59 bits per heavy atom. The number of likely N-dealkylation sites (N-methyl/N-ethyl adjacent to an activating group) is 1. The number of hydrogen-bond acceptors (Lipinski definition) is 7. The van der Waals surface area contributed by atoms with Gasteiger partial charge >= 0.3 is 19.8 Å². The highest BCUT2D eigenvalue weighted by Gasteiger charge is 2.27. The molecule has 0 rings (SSSR count). The van der Waals surface area contributed by atoms with E-state index in [9.17, 15) is 19.0 Å². The number of nitrogens with zero attached hydrogens (tertiary/aromatic N) is 1. The number of unbranched alkanes of at least 4 members (excludes halogenated alkanes) is 12. The zero-order valence-corrected chi connectivity index (χ0v) is 37.0. The molecule has 10 heteroatoms. The fraction of sp³-hybridized carbons (Fsp3) is 0.696. The Labute approximate surface area is 342 Å². The molecule has 0 saturated heterocycles. The van der Waals surface area contributed by atoms with Crippen LogP contribution in [-0.2, 0) is 32.7 Å². The SMILES string of the molecule is CC/C=C/C/C=C/C/C=C/C/C=C/C/C=C/CCCC(=O)O[C@H](COC(=O)CCCCCCCCCCC/C=C/CCCC)COP(=O)(O)OCC[N+](C)(C)C. The Morgan fingerprint density at radius 2 is 1.04 bits per heavy atom. The first-order chi connectivity index (χ1) is 27.0. The quantitative estimate of drug-likeness (QED) is 0.0216. The monoisotopic (exact) mass is 807 g/mol. The van der Waals surface area contributed by atoms with E-state index in [0.29, 0.717) is 23.9 Å². The van der Waals surface area contributed by atoms with Gasteiger partial charge in [0.15, 0.2) is 6.10 Å². The summed E-state index contributed by atoms with van der Waals surface area (Å²) < 4.78 is 34.2. The third-order valence-corrected chi connectivity index (χ3v) is 9.70. The molecular formula is C46H81NO8P+. The van der Waals surface area contributed by atoms with Gasteiger partial charge in [0, 0.05) is 12.8 Å². The average molecular weight is 807 g/mol. The van der Waals surface area contributed by atoms with Crippen molar-refractivity contribution in [1.29, 1.82) is 0 Å². The van der Waals surface area contributed by atoms with E-state index in [1.807, 2.05) is 27.2 Å². The van der Waals surface area contributed by atoms with Crippen LogP contribution in [0, 0.1) is 0 Å². The Bertz CT molecular complexity index is 1180. The van der Waals surface area contributed by atoms with Crippen molar-refractivity contribution in [1.82, 2.24) is 0 Å². The molecule has 0 saturated carbocycles. The van der Waals surface area contributed by atoms with Gasteiger partial charge in [-0.05, 0) is 70.6 Å². The molecule has 1 N–H and O–H groups in total. The van der Waals surface area contributed by atoms with Crippen molar-refractivity contribution in [3.05, 3.63) is 72.9 Å². The molecule has 0 radical (unpaired) electrons. The lowest BCUT2D eigenvalue weighted by molar-refractivity contribution is -0.870. The van der Waals surface area contributed by atoms with Crippen molar-refractivity contribution in [2.45, 2.75) is 161 Å². The topological polar surface area (TPSA) is 108 Å². The van der Waals surface area contributed by atoms with Gasteiger partial charge in [-0.25, -0.2) is 4.57 Å². The lowest BCUT2D eigenvalue weighted by Gasteiger charge is -2.24. The minimum absolute atomic E-state index is 0.0174. The van der Waals surface area contributed by atoms with Gasteiger partial charge in [-0.3, -0.25) is 18.6 Å². The fourth-order valence-corrected chi connectivity index (χ4v) is 6.06. The number of carbonyl (C=O) groups excluding carboxylic acids is 2. The van der Waals surface area contributed by atoms with E-state index < -0.39 is 26.5 Å². The molecule has 0 spiro atoms. The second-order valence-corrected chi connectivity index (χ2v) is 16.8. The summed E-state index contributed by atoms with van der Waals surface area (Å²) in [5, 5.41) is 0. The number of quaternary nitrogens is 1. The van der Waals surface area contributed by atoms with E-state index in [1.165, 1.54) is 64.2 Å². The fourth-order valence-electron chi connectivity index (χ4n) is 5.32. The first-order valence-corrected chi connectivity index (χ1v) is 23.2. The summed E-state index contributed by atoms with van der Waals surface area (Å²) in [6.07, 6.45) is 46.7. The normalized spacial score (nSPS) is 14.3. The van der Waals surface area contributed by atoms with Crippen LogP contribution in [0.2, 0.25) is 0 Å². The average Bonchev–Trinajstić information content (AvgIpc) is 3.15. The van der Waals surface area contributed by atoms with Gasteiger partial charge in [0.25, 0.3) is 0 Å². The molecule has 2 atom stereocenters. The van der Waals surface area contributed by atoms with Gasteiger partial charge in [0.2, 0.25) is 0 Å². The molecule has 0 bridgehead atoms. The zero-order chi connectivity index (χ0) is 41.4. The summed E-state index contributed by atoms with van der Waals surface area (Å²) >= 11 is 0. The first kappa shape index (κ1) is 53.5. The largest absolute Gasteiger partial charge is 0.472 e. The summed E-state index contributed by atoms with van der Waals surface area (Å²) in [6.45, 7) is 4.19. The van der Waals surface area contributed by atoms with Gasteiger partial charge in [-0.15, -0.1) is 0 Å². The number of ether oxygens (including phenoxy) is 2. The Kier molecular flexibility index (Phi) is 36.3. The minimum Gasteiger partial charge on any atom is -0.462 e. The van der Waals surface area contributed by atoms with Crippen LogP contribution in [-0.4, -0.2) is 74.9 Å². The van der Waals surface area contributed by atoms with E-state index in [-0.39, 0.29) is 32.0 Å². The van der Waals surface area contributed by atoms with Crippen molar-refractivity contribution < 1.29 is 42.1 Å². The second kappa shape index (κ2) is 38.0. The van der Waals surface area contributed by atoms with E-state index in [2.05, 4.69) is 80.7 Å². The molecule has 0 aliphatic heterocycles. The lowest BCUT2D eigenvalue weighted by atomic mass is 10.1. The molecule has 0 heterocycles. The van der Waals surface area contributed by atoms with Crippen molar-refractivity contribution in [3.8, 4) is 0 Å². The van der Waals surface area contributed by atoms with E-state index >= 15 is 0 Å². The van der Waals surface area contributed by atoms with Gasteiger partial charge in [-0.2, -0.15) is 0 Å². The molecule has 0 aromatic heterocycles.